The monoisotopic (exact) mass is 290 g/mol. The van der Waals surface area contributed by atoms with Gasteiger partial charge in [-0.2, -0.15) is 0 Å². The van der Waals surface area contributed by atoms with E-state index in [2.05, 4.69) is 54.6 Å². The van der Waals surface area contributed by atoms with Crippen LogP contribution in [-0.4, -0.2) is 11.1 Å². The van der Waals surface area contributed by atoms with Crippen molar-refractivity contribution >= 4 is 17.6 Å². The van der Waals surface area contributed by atoms with Gasteiger partial charge in [0, 0.05) is 6.42 Å². The Hall–Kier alpha value is -2.61. The van der Waals surface area contributed by atoms with Gasteiger partial charge in [0.2, 0.25) is 0 Å². The van der Waals surface area contributed by atoms with E-state index in [4.69, 9.17) is 5.11 Å². The predicted molar refractivity (Wildman–Crippen MR) is 89.6 cm³/mol. The number of hydrogen-bond donors (Lipinski definition) is 1. The first-order valence-corrected chi connectivity index (χ1v) is 7.48. The van der Waals surface area contributed by atoms with Crippen molar-refractivity contribution in [1.82, 2.24) is 0 Å². The summed E-state index contributed by atoms with van der Waals surface area (Å²) in [5, 5.41) is 8.82. The third-order valence-electron chi connectivity index (χ3n) is 3.93. The highest BCUT2D eigenvalue weighted by Crippen LogP contribution is 2.26. The molecule has 0 amide bonds. The number of fused-ring (bicyclic) bond motifs is 1. The summed E-state index contributed by atoms with van der Waals surface area (Å²) < 4.78 is 0. The van der Waals surface area contributed by atoms with Crippen LogP contribution in [0.3, 0.4) is 0 Å². The van der Waals surface area contributed by atoms with Crippen LogP contribution >= 0.6 is 0 Å². The Balaban J connectivity index is 1.86. The molecule has 0 saturated carbocycles. The van der Waals surface area contributed by atoms with Crippen LogP contribution < -0.4 is 0 Å². The first-order chi connectivity index (χ1) is 10.7. The van der Waals surface area contributed by atoms with E-state index >= 15 is 0 Å². The molecule has 1 N–H and O–H groups in total. The van der Waals surface area contributed by atoms with E-state index < -0.39 is 5.97 Å². The number of carboxylic acids is 1. The van der Waals surface area contributed by atoms with E-state index in [1.807, 2.05) is 12.1 Å². The van der Waals surface area contributed by atoms with Gasteiger partial charge in [-0.1, -0.05) is 66.8 Å². The molecule has 2 aromatic carbocycles. The number of aliphatic carboxylic acids is 1. The molecule has 0 heterocycles. The van der Waals surface area contributed by atoms with Gasteiger partial charge in [-0.3, -0.25) is 4.79 Å². The maximum Gasteiger partial charge on any atom is 0.303 e. The molecule has 0 radical (unpaired) electrons. The molecule has 0 aliphatic heterocycles. The molecular weight excluding hydrogens is 272 g/mol. The minimum absolute atomic E-state index is 0.172. The topological polar surface area (TPSA) is 37.3 Å². The Morgan fingerprint density at radius 3 is 2.82 bits per heavy atom. The highest BCUT2D eigenvalue weighted by Gasteiger charge is 2.09. The van der Waals surface area contributed by atoms with Crippen molar-refractivity contribution in [2.24, 2.45) is 0 Å². The molecule has 0 saturated heterocycles. The Bertz CT molecular complexity index is 754. The SMILES string of the molecule is O=C(O)CCc1cccc(C2=CC=Cc3ccccc3C2)c1. The van der Waals surface area contributed by atoms with Crippen molar-refractivity contribution in [3.8, 4) is 0 Å². The number of aryl methyl sites for hydroxylation is 1. The van der Waals surface area contributed by atoms with E-state index in [-0.39, 0.29) is 6.42 Å². The van der Waals surface area contributed by atoms with Gasteiger partial charge in [-0.15, -0.1) is 0 Å². The largest absolute Gasteiger partial charge is 0.481 e. The fraction of sp³-hybridized carbons (Fsp3) is 0.150. The second-order valence-corrected chi connectivity index (χ2v) is 5.52. The van der Waals surface area contributed by atoms with Gasteiger partial charge in [-0.25, -0.2) is 0 Å². The van der Waals surface area contributed by atoms with Crippen LogP contribution in [0.2, 0.25) is 0 Å². The normalized spacial score (nSPS) is 13.2. The lowest BCUT2D eigenvalue weighted by molar-refractivity contribution is -0.136. The van der Waals surface area contributed by atoms with Crippen molar-refractivity contribution in [2.45, 2.75) is 19.3 Å². The van der Waals surface area contributed by atoms with Crippen LogP contribution in [-0.2, 0) is 17.6 Å². The summed E-state index contributed by atoms with van der Waals surface area (Å²) in [6.45, 7) is 0. The second kappa shape index (κ2) is 6.44. The molecular formula is C20H18O2. The van der Waals surface area contributed by atoms with Crippen LogP contribution in [0.25, 0.3) is 11.6 Å². The van der Waals surface area contributed by atoms with Crippen LogP contribution in [0, 0.1) is 0 Å². The lowest BCUT2D eigenvalue weighted by Gasteiger charge is -2.10. The van der Waals surface area contributed by atoms with Crippen molar-refractivity contribution < 1.29 is 9.90 Å². The zero-order valence-electron chi connectivity index (χ0n) is 12.3. The first-order valence-electron chi connectivity index (χ1n) is 7.48. The molecule has 2 heteroatoms. The molecule has 110 valence electrons. The Morgan fingerprint density at radius 2 is 1.95 bits per heavy atom. The van der Waals surface area contributed by atoms with Gasteiger partial charge < -0.3 is 5.11 Å². The highest BCUT2D eigenvalue weighted by molar-refractivity contribution is 5.75. The zero-order chi connectivity index (χ0) is 15.4. The molecule has 1 aliphatic carbocycles. The van der Waals surface area contributed by atoms with Gasteiger partial charge in [0.1, 0.15) is 0 Å². The molecule has 0 fully saturated rings. The maximum absolute atomic E-state index is 10.7. The van der Waals surface area contributed by atoms with E-state index in [1.54, 1.807) is 0 Å². The summed E-state index contributed by atoms with van der Waals surface area (Å²) in [6, 6.07) is 16.6. The van der Waals surface area contributed by atoms with Crippen molar-refractivity contribution in [3.05, 3.63) is 82.9 Å². The van der Waals surface area contributed by atoms with E-state index in [0.29, 0.717) is 6.42 Å². The van der Waals surface area contributed by atoms with Gasteiger partial charge in [0.05, 0.1) is 0 Å². The summed E-state index contributed by atoms with van der Waals surface area (Å²) in [6.07, 6.45) is 8.01. The molecule has 0 bridgehead atoms. The fourth-order valence-corrected chi connectivity index (χ4v) is 2.77. The number of allylic oxidation sites excluding steroid dienone is 3. The molecule has 2 nitrogen and oxygen atoms in total. The van der Waals surface area contributed by atoms with Crippen molar-refractivity contribution in [1.29, 1.82) is 0 Å². The Kier molecular flexibility index (Phi) is 4.19. The van der Waals surface area contributed by atoms with E-state index in [1.165, 1.54) is 22.3 Å². The third-order valence-corrected chi connectivity index (χ3v) is 3.93. The molecule has 1 aliphatic rings. The fourth-order valence-electron chi connectivity index (χ4n) is 2.77. The highest BCUT2D eigenvalue weighted by atomic mass is 16.4. The average Bonchev–Trinajstić information content (AvgIpc) is 2.75. The van der Waals surface area contributed by atoms with Gasteiger partial charge in [0.25, 0.3) is 0 Å². The number of rotatable bonds is 4. The number of hydrogen-bond acceptors (Lipinski definition) is 1. The summed E-state index contributed by atoms with van der Waals surface area (Å²) in [5.74, 6) is -0.754. The number of benzene rings is 2. The van der Waals surface area contributed by atoms with Crippen molar-refractivity contribution in [2.75, 3.05) is 0 Å². The third kappa shape index (κ3) is 3.34. The summed E-state index contributed by atoms with van der Waals surface area (Å²) in [5.41, 5.74) is 6.08. The average molecular weight is 290 g/mol. The van der Waals surface area contributed by atoms with Crippen molar-refractivity contribution in [3.63, 3.8) is 0 Å². The standard InChI is InChI=1S/C20H18O2/c21-20(22)12-11-15-5-3-9-17(13-15)19-10-4-8-16-6-1-2-7-18(16)14-19/h1-10,13H,11-12,14H2,(H,21,22). The smallest absolute Gasteiger partial charge is 0.303 e. The van der Waals surface area contributed by atoms with E-state index in [0.717, 1.165) is 12.0 Å². The molecule has 0 aromatic heterocycles. The lowest BCUT2D eigenvalue weighted by Crippen LogP contribution is -1.98. The van der Waals surface area contributed by atoms with Crippen LogP contribution in [0.5, 0.6) is 0 Å². The number of carbonyl (C=O) groups is 1. The molecule has 0 atom stereocenters. The van der Waals surface area contributed by atoms with Gasteiger partial charge in [-0.05, 0) is 40.7 Å². The molecule has 0 spiro atoms. The number of carboxylic acid groups (broad SMARTS) is 1. The molecule has 2 aromatic rings. The Labute approximate surface area is 130 Å². The minimum Gasteiger partial charge on any atom is -0.481 e. The summed E-state index contributed by atoms with van der Waals surface area (Å²) in [4.78, 5) is 10.7. The van der Waals surface area contributed by atoms with Gasteiger partial charge >= 0.3 is 5.97 Å². The first kappa shape index (κ1) is 14.3. The van der Waals surface area contributed by atoms with Crippen LogP contribution in [0.15, 0.2) is 60.7 Å². The Morgan fingerprint density at radius 1 is 1.09 bits per heavy atom. The van der Waals surface area contributed by atoms with E-state index in [9.17, 15) is 4.79 Å². The maximum atomic E-state index is 10.7. The molecule has 22 heavy (non-hydrogen) atoms. The predicted octanol–water partition coefficient (Wildman–Crippen LogP) is 4.36. The van der Waals surface area contributed by atoms with Crippen LogP contribution in [0.4, 0.5) is 0 Å². The van der Waals surface area contributed by atoms with Crippen LogP contribution in [0.1, 0.15) is 28.7 Å². The van der Waals surface area contributed by atoms with Gasteiger partial charge in [0.15, 0.2) is 0 Å². The quantitative estimate of drug-likeness (QED) is 0.908. The minimum atomic E-state index is -0.754. The second-order valence-electron chi connectivity index (χ2n) is 5.52. The summed E-state index contributed by atoms with van der Waals surface area (Å²) in [7, 11) is 0. The summed E-state index contributed by atoms with van der Waals surface area (Å²) >= 11 is 0. The zero-order valence-corrected chi connectivity index (χ0v) is 12.3. The molecule has 3 rings (SSSR count). The lowest BCUT2D eigenvalue weighted by atomic mass is 9.95. The molecule has 0 unspecified atom stereocenters.